The van der Waals surface area contributed by atoms with E-state index in [-0.39, 0.29) is 17.5 Å². The van der Waals surface area contributed by atoms with Crippen molar-refractivity contribution in [3.63, 3.8) is 0 Å². The number of benzene rings is 2. The summed E-state index contributed by atoms with van der Waals surface area (Å²) in [7, 11) is 0. The highest BCUT2D eigenvalue weighted by molar-refractivity contribution is 8.00. The summed E-state index contributed by atoms with van der Waals surface area (Å²) in [5.74, 6) is -0.0202. The SMILES string of the molecule is CCCCn1c(S[C@H](C(=O)NC2CC2)c2ccccc2)nc2ccccc2c1=O. The van der Waals surface area contributed by atoms with Crippen molar-refractivity contribution in [2.45, 2.75) is 55.6 Å². The number of nitrogens with zero attached hydrogens (tertiary/aromatic N) is 2. The van der Waals surface area contributed by atoms with Gasteiger partial charge in [0.15, 0.2) is 5.16 Å². The molecule has 3 aromatic rings. The Morgan fingerprint density at radius 2 is 1.90 bits per heavy atom. The van der Waals surface area contributed by atoms with Crippen LogP contribution in [0.5, 0.6) is 0 Å². The molecule has 0 unspecified atom stereocenters. The summed E-state index contributed by atoms with van der Waals surface area (Å²) >= 11 is 1.37. The maximum Gasteiger partial charge on any atom is 0.262 e. The molecule has 0 saturated heterocycles. The minimum atomic E-state index is -0.447. The number of nitrogens with one attached hydrogen (secondary N) is 1. The molecule has 1 aliphatic rings. The zero-order valence-electron chi connectivity index (χ0n) is 16.5. The molecule has 1 heterocycles. The highest BCUT2D eigenvalue weighted by atomic mass is 32.2. The summed E-state index contributed by atoms with van der Waals surface area (Å²) in [6, 6.07) is 17.4. The molecule has 150 valence electrons. The molecule has 0 aliphatic heterocycles. The predicted octanol–water partition coefficient (Wildman–Crippen LogP) is 4.31. The van der Waals surface area contributed by atoms with Crippen molar-refractivity contribution in [2.24, 2.45) is 0 Å². The first-order valence-electron chi connectivity index (χ1n) is 10.2. The van der Waals surface area contributed by atoms with E-state index < -0.39 is 5.25 Å². The van der Waals surface area contributed by atoms with Crippen molar-refractivity contribution in [3.05, 3.63) is 70.5 Å². The Morgan fingerprint density at radius 3 is 2.62 bits per heavy atom. The van der Waals surface area contributed by atoms with E-state index >= 15 is 0 Å². The summed E-state index contributed by atoms with van der Waals surface area (Å²) < 4.78 is 1.73. The fraction of sp³-hybridized carbons (Fsp3) is 0.348. The number of amides is 1. The Labute approximate surface area is 174 Å². The first-order valence-corrected chi connectivity index (χ1v) is 11.1. The molecule has 1 saturated carbocycles. The second kappa shape index (κ2) is 8.82. The first-order chi connectivity index (χ1) is 14.2. The molecule has 1 N–H and O–H groups in total. The van der Waals surface area contributed by atoms with Gasteiger partial charge in [-0.3, -0.25) is 14.2 Å². The van der Waals surface area contributed by atoms with Crippen molar-refractivity contribution in [3.8, 4) is 0 Å². The number of aromatic nitrogens is 2. The molecule has 29 heavy (non-hydrogen) atoms. The molecule has 5 nitrogen and oxygen atoms in total. The normalized spacial score (nSPS) is 14.7. The minimum absolute atomic E-state index is 0.0202. The second-order valence-corrected chi connectivity index (χ2v) is 8.49. The smallest absolute Gasteiger partial charge is 0.262 e. The topological polar surface area (TPSA) is 64.0 Å². The van der Waals surface area contributed by atoms with Gasteiger partial charge in [0.2, 0.25) is 5.91 Å². The molecular weight excluding hydrogens is 382 g/mol. The molecule has 4 rings (SSSR count). The largest absolute Gasteiger partial charge is 0.352 e. The highest BCUT2D eigenvalue weighted by Crippen LogP contribution is 2.35. The van der Waals surface area contributed by atoms with Crippen LogP contribution in [0.1, 0.15) is 43.4 Å². The number of hydrogen-bond acceptors (Lipinski definition) is 4. The quantitative estimate of drug-likeness (QED) is 0.446. The predicted molar refractivity (Wildman–Crippen MR) is 117 cm³/mol. The minimum Gasteiger partial charge on any atom is -0.352 e. The number of fused-ring (bicyclic) bond motifs is 1. The maximum absolute atomic E-state index is 13.1. The van der Waals surface area contributed by atoms with Crippen LogP contribution in [0.2, 0.25) is 0 Å². The van der Waals surface area contributed by atoms with E-state index in [0.29, 0.717) is 22.6 Å². The van der Waals surface area contributed by atoms with Gasteiger partial charge in [0.05, 0.1) is 10.9 Å². The summed E-state index contributed by atoms with van der Waals surface area (Å²) in [4.78, 5) is 30.9. The van der Waals surface area contributed by atoms with Gasteiger partial charge in [0.1, 0.15) is 5.25 Å². The zero-order chi connectivity index (χ0) is 20.2. The van der Waals surface area contributed by atoms with Crippen LogP contribution in [-0.4, -0.2) is 21.5 Å². The summed E-state index contributed by atoms with van der Waals surface area (Å²) in [5.41, 5.74) is 1.54. The molecule has 1 atom stereocenters. The second-order valence-electron chi connectivity index (χ2n) is 7.41. The van der Waals surface area contributed by atoms with Crippen molar-refractivity contribution in [1.29, 1.82) is 0 Å². The fourth-order valence-corrected chi connectivity index (χ4v) is 4.39. The van der Waals surface area contributed by atoms with Crippen LogP contribution in [0, 0.1) is 0 Å². The van der Waals surface area contributed by atoms with E-state index in [0.717, 1.165) is 31.2 Å². The van der Waals surface area contributed by atoms with Crippen molar-refractivity contribution in [1.82, 2.24) is 14.9 Å². The third-order valence-electron chi connectivity index (χ3n) is 5.05. The van der Waals surface area contributed by atoms with E-state index in [9.17, 15) is 9.59 Å². The van der Waals surface area contributed by atoms with Crippen LogP contribution < -0.4 is 10.9 Å². The molecule has 0 spiro atoms. The van der Waals surface area contributed by atoms with E-state index in [4.69, 9.17) is 4.98 Å². The van der Waals surface area contributed by atoms with Crippen molar-refractivity contribution >= 4 is 28.6 Å². The standard InChI is InChI=1S/C23H25N3O2S/c1-2-3-15-26-22(28)18-11-7-8-12-19(18)25-23(26)29-20(16-9-5-4-6-10-16)21(27)24-17-13-14-17/h4-12,17,20H,2-3,13-15H2,1H3,(H,24,27)/t20-/m0/s1. The number of thioether (sulfide) groups is 1. The fourth-order valence-electron chi connectivity index (χ4n) is 3.26. The van der Waals surface area contributed by atoms with Gasteiger partial charge >= 0.3 is 0 Å². The molecule has 1 fully saturated rings. The maximum atomic E-state index is 13.1. The van der Waals surface area contributed by atoms with Crippen LogP contribution in [0.25, 0.3) is 10.9 Å². The van der Waals surface area contributed by atoms with Gasteiger partial charge in [0, 0.05) is 12.6 Å². The number of carbonyl (C=O) groups is 1. The first kappa shape index (κ1) is 19.7. The summed E-state index contributed by atoms with van der Waals surface area (Å²) in [6.45, 7) is 2.70. The lowest BCUT2D eigenvalue weighted by atomic mass is 10.1. The average Bonchev–Trinajstić information content (AvgIpc) is 3.56. The van der Waals surface area contributed by atoms with Gasteiger partial charge in [-0.2, -0.15) is 0 Å². The molecule has 0 radical (unpaired) electrons. The Balaban J connectivity index is 1.75. The summed E-state index contributed by atoms with van der Waals surface area (Å²) in [6.07, 6.45) is 3.94. The van der Waals surface area contributed by atoms with Crippen LogP contribution >= 0.6 is 11.8 Å². The van der Waals surface area contributed by atoms with Crippen LogP contribution in [0.4, 0.5) is 0 Å². The van der Waals surface area contributed by atoms with E-state index in [1.54, 1.807) is 4.57 Å². The van der Waals surface area contributed by atoms with E-state index in [2.05, 4.69) is 12.2 Å². The molecular formula is C23H25N3O2S. The van der Waals surface area contributed by atoms with Crippen molar-refractivity contribution < 1.29 is 4.79 Å². The molecule has 1 amide bonds. The molecule has 6 heteroatoms. The lowest BCUT2D eigenvalue weighted by molar-refractivity contribution is -0.120. The molecule has 0 bridgehead atoms. The Kier molecular flexibility index (Phi) is 6.00. The van der Waals surface area contributed by atoms with Gasteiger partial charge < -0.3 is 5.32 Å². The number of unbranched alkanes of at least 4 members (excludes halogenated alkanes) is 1. The Hall–Kier alpha value is -2.60. The third kappa shape index (κ3) is 4.53. The number of carbonyl (C=O) groups excluding carboxylic acids is 1. The van der Waals surface area contributed by atoms with Crippen LogP contribution in [0.15, 0.2) is 64.5 Å². The van der Waals surface area contributed by atoms with Gasteiger partial charge in [-0.25, -0.2) is 4.98 Å². The van der Waals surface area contributed by atoms with Crippen LogP contribution in [0.3, 0.4) is 0 Å². The summed E-state index contributed by atoms with van der Waals surface area (Å²) in [5, 5.41) is 3.88. The lowest BCUT2D eigenvalue weighted by Gasteiger charge is -2.19. The molecule has 2 aromatic carbocycles. The number of rotatable bonds is 8. The monoisotopic (exact) mass is 407 g/mol. The van der Waals surface area contributed by atoms with Gasteiger partial charge in [-0.15, -0.1) is 0 Å². The molecule has 1 aromatic heterocycles. The van der Waals surface area contributed by atoms with Crippen molar-refractivity contribution in [2.75, 3.05) is 0 Å². The van der Waals surface area contributed by atoms with E-state index in [1.165, 1.54) is 11.8 Å². The van der Waals surface area contributed by atoms with E-state index in [1.807, 2.05) is 54.6 Å². The zero-order valence-corrected chi connectivity index (χ0v) is 17.3. The Morgan fingerprint density at radius 1 is 1.17 bits per heavy atom. The van der Waals surface area contributed by atoms with Crippen LogP contribution in [-0.2, 0) is 11.3 Å². The van der Waals surface area contributed by atoms with Gasteiger partial charge in [0.25, 0.3) is 5.56 Å². The number of hydrogen-bond donors (Lipinski definition) is 1. The lowest BCUT2D eigenvalue weighted by Crippen LogP contribution is -2.31. The third-order valence-corrected chi connectivity index (χ3v) is 6.29. The highest BCUT2D eigenvalue weighted by Gasteiger charge is 2.30. The average molecular weight is 408 g/mol. The molecule has 1 aliphatic carbocycles. The number of para-hydroxylation sites is 1. The Bertz CT molecular complexity index is 1060. The van der Waals surface area contributed by atoms with Gasteiger partial charge in [-0.05, 0) is 37.0 Å². The van der Waals surface area contributed by atoms with Gasteiger partial charge in [-0.1, -0.05) is 67.6 Å².